The number of hydrogen-bond acceptors (Lipinski definition) is 5. The van der Waals surface area contributed by atoms with Crippen LogP contribution in [0.3, 0.4) is 0 Å². The predicted octanol–water partition coefficient (Wildman–Crippen LogP) is 3.38. The summed E-state index contributed by atoms with van der Waals surface area (Å²) >= 11 is 0. The molecule has 0 aliphatic heterocycles. The lowest BCUT2D eigenvalue weighted by atomic mass is 9.85. The minimum absolute atomic E-state index is 0.198. The minimum atomic E-state index is -4.50. The summed E-state index contributed by atoms with van der Waals surface area (Å²) in [4.78, 5) is 64.2. The lowest BCUT2D eigenvalue weighted by Gasteiger charge is -2.31. The normalized spacial score (nSPS) is 13.9. The topological polar surface area (TPSA) is 133 Å². The minimum Gasteiger partial charge on any atom is -0.345 e. The number of nitrogens with one attached hydrogen (secondary N) is 4. The van der Waals surface area contributed by atoms with Crippen LogP contribution in [0.15, 0.2) is 54.6 Å². The van der Waals surface area contributed by atoms with Gasteiger partial charge in [-0.1, -0.05) is 65.0 Å². The first-order valence-electron chi connectivity index (χ1n) is 13.4. The van der Waals surface area contributed by atoms with Crippen LogP contribution in [0, 0.1) is 11.3 Å². The molecule has 0 radical (unpaired) electrons. The van der Waals surface area contributed by atoms with E-state index >= 15 is 0 Å². The summed E-state index contributed by atoms with van der Waals surface area (Å²) < 4.78 is 38.3. The average molecular weight is 591 g/mol. The van der Waals surface area contributed by atoms with Gasteiger partial charge in [0.25, 0.3) is 11.8 Å². The number of carbonyl (C=O) groups is 5. The maximum absolute atomic E-state index is 13.1. The summed E-state index contributed by atoms with van der Waals surface area (Å²) in [7, 11) is 0. The predicted molar refractivity (Wildman–Crippen MR) is 150 cm³/mol. The SMILES string of the molecule is CC(C)[C@H](NC(=O)[C@H](C)NC(=O)[C@@H](NC(=O)c1ccccc1)C(C)(C)C)C(=O)C(=O)NCc1ccc(C(F)(F)F)cc1. The lowest BCUT2D eigenvalue weighted by molar-refractivity contribution is -0.141. The largest absolute Gasteiger partial charge is 0.416 e. The van der Waals surface area contributed by atoms with Crippen molar-refractivity contribution in [2.75, 3.05) is 0 Å². The van der Waals surface area contributed by atoms with Crippen molar-refractivity contribution in [2.24, 2.45) is 11.3 Å². The smallest absolute Gasteiger partial charge is 0.345 e. The van der Waals surface area contributed by atoms with Crippen molar-refractivity contribution >= 4 is 29.4 Å². The molecule has 0 saturated heterocycles. The van der Waals surface area contributed by atoms with E-state index in [1.807, 2.05) is 0 Å². The van der Waals surface area contributed by atoms with Crippen LogP contribution >= 0.6 is 0 Å². The quantitative estimate of drug-likeness (QED) is 0.298. The third-order valence-corrected chi connectivity index (χ3v) is 6.40. The van der Waals surface area contributed by atoms with Crippen LogP contribution in [0.5, 0.6) is 0 Å². The van der Waals surface area contributed by atoms with E-state index in [9.17, 15) is 37.1 Å². The molecule has 4 amide bonds. The second-order valence-corrected chi connectivity index (χ2v) is 11.3. The van der Waals surface area contributed by atoms with E-state index in [1.54, 1.807) is 65.0 Å². The lowest BCUT2D eigenvalue weighted by Crippen LogP contribution is -2.59. The van der Waals surface area contributed by atoms with Gasteiger partial charge in [-0.25, -0.2) is 0 Å². The van der Waals surface area contributed by atoms with Crippen molar-refractivity contribution in [3.8, 4) is 0 Å². The Morgan fingerprint density at radius 2 is 1.33 bits per heavy atom. The molecule has 4 N–H and O–H groups in total. The molecule has 12 heteroatoms. The van der Waals surface area contributed by atoms with Gasteiger partial charge < -0.3 is 21.3 Å². The highest BCUT2D eigenvalue weighted by Gasteiger charge is 2.36. The average Bonchev–Trinajstić information content (AvgIpc) is 2.91. The van der Waals surface area contributed by atoms with Gasteiger partial charge in [-0.3, -0.25) is 24.0 Å². The number of hydrogen-bond donors (Lipinski definition) is 4. The molecule has 0 bridgehead atoms. The monoisotopic (exact) mass is 590 g/mol. The fourth-order valence-corrected chi connectivity index (χ4v) is 3.88. The van der Waals surface area contributed by atoms with Gasteiger partial charge in [0.05, 0.1) is 11.6 Å². The van der Waals surface area contributed by atoms with Crippen LogP contribution in [0.4, 0.5) is 13.2 Å². The molecule has 0 aliphatic rings. The number of rotatable bonds is 11. The van der Waals surface area contributed by atoms with Crippen molar-refractivity contribution in [1.29, 1.82) is 0 Å². The number of amides is 4. The van der Waals surface area contributed by atoms with Crippen LogP contribution < -0.4 is 21.3 Å². The highest BCUT2D eigenvalue weighted by Crippen LogP contribution is 2.29. The Morgan fingerprint density at radius 1 is 0.762 bits per heavy atom. The molecule has 0 heterocycles. The molecular formula is C30H37F3N4O5. The molecule has 42 heavy (non-hydrogen) atoms. The molecule has 0 spiro atoms. The van der Waals surface area contributed by atoms with E-state index in [0.29, 0.717) is 11.1 Å². The van der Waals surface area contributed by atoms with Crippen LogP contribution in [-0.4, -0.2) is 47.5 Å². The van der Waals surface area contributed by atoms with Gasteiger partial charge in [-0.2, -0.15) is 13.2 Å². The third kappa shape index (κ3) is 9.71. The van der Waals surface area contributed by atoms with E-state index in [4.69, 9.17) is 0 Å². The first-order valence-corrected chi connectivity index (χ1v) is 13.4. The zero-order valence-electron chi connectivity index (χ0n) is 24.4. The van der Waals surface area contributed by atoms with Crippen LogP contribution in [0.25, 0.3) is 0 Å². The molecule has 3 atom stereocenters. The van der Waals surface area contributed by atoms with Crippen molar-refractivity contribution in [2.45, 2.75) is 72.4 Å². The number of carbonyl (C=O) groups excluding carboxylic acids is 5. The molecule has 2 aromatic carbocycles. The van der Waals surface area contributed by atoms with Gasteiger partial charge in [0.2, 0.25) is 17.6 Å². The summed E-state index contributed by atoms with van der Waals surface area (Å²) in [5, 5.41) is 10.1. The zero-order valence-corrected chi connectivity index (χ0v) is 24.4. The highest BCUT2D eigenvalue weighted by atomic mass is 19.4. The Bertz CT molecular complexity index is 1270. The van der Waals surface area contributed by atoms with Gasteiger partial charge >= 0.3 is 6.18 Å². The van der Waals surface area contributed by atoms with E-state index in [2.05, 4.69) is 21.3 Å². The van der Waals surface area contributed by atoms with Gasteiger partial charge in [-0.15, -0.1) is 0 Å². The van der Waals surface area contributed by atoms with Crippen molar-refractivity contribution in [1.82, 2.24) is 21.3 Å². The summed E-state index contributed by atoms with van der Waals surface area (Å²) in [5.74, 6) is -4.29. The molecule has 2 rings (SSSR count). The first kappa shape index (κ1) is 34.0. The summed E-state index contributed by atoms with van der Waals surface area (Å²) in [6.45, 7) is 9.70. The molecule has 0 unspecified atom stereocenters. The molecular weight excluding hydrogens is 553 g/mol. The van der Waals surface area contributed by atoms with Crippen LogP contribution in [-0.2, 0) is 31.9 Å². The van der Waals surface area contributed by atoms with Crippen LogP contribution in [0.1, 0.15) is 63.0 Å². The summed E-state index contributed by atoms with van der Waals surface area (Å²) in [6.07, 6.45) is -4.50. The Morgan fingerprint density at radius 3 is 1.83 bits per heavy atom. The molecule has 0 aromatic heterocycles. The summed E-state index contributed by atoms with van der Waals surface area (Å²) in [5.41, 5.74) is -0.852. The number of ketones is 1. The number of alkyl halides is 3. The van der Waals surface area contributed by atoms with E-state index in [1.165, 1.54) is 19.1 Å². The fourth-order valence-electron chi connectivity index (χ4n) is 3.88. The summed E-state index contributed by atoms with van der Waals surface area (Å²) in [6, 6.07) is 9.09. The standard InChI is InChI=1S/C30H37F3N4O5/c1-17(2)22(23(38)27(41)34-16-19-12-14-21(15-13-19)30(31,32)33)36-25(39)18(3)35-28(42)24(29(4,5)6)37-26(40)20-10-8-7-9-11-20/h7-15,17-18,22,24H,16H2,1-6H3,(H,34,41)(H,35,42)(H,36,39)(H,37,40)/t18-,22-,24+/m0/s1. The number of Topliss-reactive ketones (excluding diaryl/α,β-unsaturated/α-hetero) is 1. The molecule has 0 aliphatic carbocycles. The maximum atomic E-state index is 13.1. The second kappa shape index (κ2) is 14.1. The Hall–Kier alpha value is -4.22. The molecule has 0 fully saturated rings. The molecule has 9 nitrogen and oxygen atoms in total. The molecule has 0 saturated carbocycles. The van der Waals surface area contributed by atoms with Gasteiger partial charge in [-0.05, 0) is 48.1 Å². The van der Waals surface area contributed by atoms with E-state index in [0.717, 1.165) is 12.1 Å². The van der Waals surface area contributed by atoms with Crippen molar-refractivity contribution in [3.05, 3.63) is 71.3 Å². The third-order valence-electron chi connectivity index (χ3n) is 6.40. The Kier molecular flexibility index (Phi) is 11.4. The Labute approximate surface area is 243 Å². The second-order valence-electron chi connectivity index (χ2n) is 11.3. The molecule has 2 aromatic rings. The zero-order chi connectivity index (χ0) is 31.8. The van der Waals surface area contributed by atoms with Gasteiger partial charge in [0, 0.05) is 12.1 Å². The van der Waals surface area contributed by atoms with Crippen molar-refractivity contribution < 1.29 is 37.1 Å². The Balaban J connectivity index is 2.02. The van der Waals surface area contributed by atoms with Gasteiger partial charge in [0.1, 0.15) is 12.1 Å². The van der Waals surface area contributed by atoms with Gasteiger partial charge in [0.15, 0.2) is 0 Å². The number of benzene rings is 2. The van der Waals surface area contributed by atoms with Crippen LogP contribution in [0.2, 0.25) is 0 Å². The van der Waals surface area contributed by atoms with E-state index < -0.39 is 70.6 Å². The maximum Gasteiger partial charge on any atom is 0.416 e. The van der Waals surface area contributed by atoms with Crippen molar-refractivity contribution in [3.63, 3.8) is 0 Å². The molecule has 228 valence electrons. The van der Waals surface area contributed by atoms with E-state index in [-0.39, 0.29) is 6.54 Å². The first-order chi connectivity index (χ1) is 19.4. The number of halogens is 3. The highest BCUT2D eigenvalue weighted by molar-refractivity contribution is 6.38. The fraction of sp³-hybridized carbons (Fsp3) is 0.433.